The first kappa shape index (κ1) is 20.6. The molecule has 0 spiro atoms. The van der Waals surface area contributed by atoms with Gasteiger partial charge in [-0.25, -0.2) is 0 Å². The van der Waals surface area contributed by atoms with E-state index in [1.54, 1.807) is 0 Å². The Balaban J connectivity index is 1.44. The Morgan fingerprint density at radius 1 is 0.613 bits per heavy atom. The highest BCUT2D eigenvalue weighted by atomic mass is 32.1. The molecule has 1 N–H and O–H groups in total. The number of nitrogens with one attached hydrogen (secondary N) is 1. The van der Waals surface area contributed by atoms with Crippen molar-refractivity contribution in [3.8, 4) is 11.5 Å². The molecule has 0 aliphatic carbocycles. The van der Waals surface area contributed by atoms with Gasteiger partial charge in [0.2, 0.25) is 0 Å². The lowest BCUT2D eigenvalue weighted by Crippen LogP contribution is -2.33. The van der Waals surface area contributed by atoms with Crippen molar-refractivity contribution in [2.24, 2.45) is 0 Å². The first-order valence-corrected chi connectivity index (χ1v) is 10.6. The van der Waals surface area contributed by atoms with Crippen LogP contribution in [-0.2, 0) is 13.1 Å². The van der Waals surface area contributed by atoms with E-state index in [0.717, 1.165) is 30.3 Å². The quantitative estimate of drug-likeness (QED) is 0.327. The maximum Gasteiger partial charge on any atom is 0.174 e. The Bertz CT molecular complexity index is 1040. The van der Waals surface area contributed by atoms with Crippen LogP contribution in [0.15, 0.2) is 115 Å². The van der Waals surface area contributed by atoms with Gasteiger partial charge in [0.25, 0.3) is 0 Å². The fraction of sp³-hybridized carbons (Fsp3) is 0.0741. The molecular weight excluding hydrogens is 400 g/mol. The number of benzene rings is 4. The Morgan fingerprint density at radius 3 is 1.58 bits per heavy atom. The third kappa shape index (κ3) is 6.17. The lowest BCUT2D eigenvalue weighted by Gasteiger charge is -2.26. The number of para-hydroxylation sites is 1. The molecule has 154 valence electrons. The summed E-state index contributed by atoms with van der Waals surface area (Å²) in [6.45, 7) is 1.47. The fourth-order valence-corrected chi connectivity index (χ4v) is 3.49. The maximum atomic E-state index is 5.87. The summed E-state index contributed by atoms with van der Waals surface area (Å²) in [5, 5.41) is 4.06. The van der Waals surface area contributed by atoms with Crippen molar-refractivity contribution in [3.63, 3.8) is 0 Å². The van der Waals surface area contributed by atoms with E-state index in [9.17, 15) is 0 Å². The molecule has 0 saturated carbocycles. The van der Waals surface area contributed by atoms with Crippen molar-refractivity contribution in [1.29, 1.82) is 0 Å². The average molecular weight is 425 g/mol. The van der Waals surface area contributed by atoms with E-state index in [1.807, 2.05) is 66.7 Å². The molecule has 3 nitrogen and oxygen atoms in total. The number of hydrogen-bond acceptors (Lipinski definition) is 2. The van der Waals surface area contributed by atoms with Crippen molar-refractivity contribution < 1.29 is 4.74 Å². The third-order valence-corrected chi connectivity index (χ3v) is 5.16. The van der Waals surface area contributed by atoms with Gasteiger partial charge in [0.05, 0.1) is 0 Å². The van der Waals surface area contributed by atoms with Crippen molar-refractivity contribution in [2.75, 3.05) is 5.32 Å². The molecule has 0 atom stereocenters. The molecule has 4 aromatic rings. The first-order valence-electron chi connectivity index (χ1n) is 10.2. The van der Waals surface area contributed by atoms with Crippen molar-refractivity contribution in [1.82, 2.24) is 4.90 Å². The molecule has 4 aromatic carbocycles. The van der Waals surface area contributed by atoms with Crippen LogP contribution in [0.3, 0.4) is 0 Å². The summed E-state index contributed by atoms with van der Waals surface area (Å²) in [5.41, 5.74) is 3.36. The van der Waals surface area contributed by atoms with Gasteiger partial charge in [0.1, 0.15) is 11.5 Å². The minimum absolute atomic E-state index is 0.685. The number of rotatable bonds is 7. The molecule has 0 heterocycles. The Labute approximate surface area is 188 Å². The smallest absolute Gasteiger partial charge is 0.174 e. The van der Waals surface area contributed by atoms with Crippen LogP contribution < -0.4 is 10.1 Å². The summed E-state index contributed by atoms with van der Waals surface area (Å²) < 4.78 is 5.87. The van der Waals surface area contributed by atoms with E-state index in [0.29, 0.717) is 5.11 Å². The Hall–Kier alpha value is -3.63. The minimum atomic E-state index is 0.685. The van der Waals surface area contributed by atoms with Crippen molar-refractivity contribution >= 4 is 23.0 Å². The molecular formula is C27H24N2OS. The number of thiocarbonyl (C=S) groups is 1. The highest BCUT2D eigenvalue weighted by Crippen LogP contribution is 2.23. The molecule has 0 aliphatic rings. The van der Waals surface area contributed by atoms with Crippen LogP contribution in [0.25, 0.3) is 0 Å². The second-order valence-corrected chi connectivity index (χ2v) is 7.58. The van der Waals surface area contributed by atoms with E-state index in [4.69, 9.17) is 17.0 Å². The third-order valence-electron chi connectivity index (χ3n) is 4.80. The normalized spacial score (nSPS) is 10.3. The van der Waals surface area contributed by atoms with E-state index in [1.165, 1.54) is 11.1 Å². The van der Waals surface area contributed by atoms with Gasteiger partial charge in [0.15, 0.2) is 5.11 Å². The number of hydrogen-bond donors (Lipinski definition) is 1. The van der Waals surface area contributed by atoms with Gasteiger partial charge in [-0.2, -0.15) is 0 Å². The predicted octanol–water partition coefficient (Wildman–Crippen LogP) is 6.88. The zero-order valence-electron chi connectivity index (χ0n) is 17.1. The molecule has 0 saturated heterocycles. The van der Waals surface area contributed by atoms with Crippen LogP contribution in [-0.4, -0.2) is 10.0 Å². The van der Waals surface area contributed by atoms with Gasteiger partial charge in [0, 0.05) is 18.8 Å². The predicted molar refractivity (Wildman–Crippen MR) is 131 cm³/mol. The summed E-state index contributed by atoms with van der Waals surface area (Å²) in [6, 6.07) is 38.4. The van der Waals surface area contributed by atoms with Crippen LogP contribution in [0.1, 0.15) is 11.1 Å². The van der Waals surface area contributed by atoms with Crippen LogP contribution in [0.4, 0.5) is 5.69 Å². The second kappa shape index (κ2) is 10.4. The molecule has 0 unspecified atom stereocenters. The average Bonchev–Trinajstić information content (AvgIpc) is 2.82. The number of ether oxygens (including phenoxy) is 1. The van der Waals surface area contributed by atoms with Crippen molar-refractivity contribution in [3.05, 3.63) is 126 Å². The highest BCUT2D eigenvalue weighted by molar-refractivity contribution is 7.80. The van der Waals surface area contributed by atoms with E-state index in [2.05, 4.69) is 58.7 Å². The number of anilines is 1. The second-order valence-electron chi connectivity index (χ2n) is 7.20. The molecule has 0 aliphatic heterocycles. The summed E-state index contributed by atoms with van der Waals surface area (Å²) in [4.78, 5) is 2.17. The molecule has 0 radical (unpaired) electrons. The SMILES string of the molecule is S=C(Nc1ccc(Oc2ccccc2)cc1)N(Cc1ccccc1)Cc1ccccc1. The monoisotopic (exact) mass is 424 g/mol. The Kier molecular flexibility index (Phi) is 6.93. The summed E-state index contributed by atoms with van der Waals surface area (Å²) in [5.74, 6) is 1.60. The largest absolute Gasteiger partial charge is 0.457 e. The first-order chi connectivity index (χ1) is 15.3. The van der Waals surface area contributed by atoms with Gasteiger partial charge in [-0.15, -0.1) is 0 Å². The van der Waals surface area contributed by atoms with E-state index < -0.39 is 0 Å². The summed E-state index contributed by atoms with van der Waals surface area (Å²) in [6.07, 6.45) is 0. The van der Waals surface area contributed by atoms with E-state index in [-0.39, 0.29) is 0 Å². The van der Waals surface area contributed by atoms with Crippen LogP contribution in [0, 0.1) is 0 Å². The fourth-order valence-electron chi connectivity index (χ4n) is 3.24. The van der Waals surface area contributed by atoms with Crippen molar-refractivity contribution in [2.45, 2.75) is 13.1 Å². The van der Waals surface area contributed by atoms with Crippen LogP contribution in [0.5, 0.6) is 11.5 Å². The standard InChI is InChI=1S/C27H24N2OS/c31-27(28-24-16-18-26(19-17-24)30-25-14-8-3-9-15-25)29(20-22-10-4-1-5-11-22)21-23-12-6-2-7-13-23/h1-19H,20-21H2,(H,28,31). The molecule has 31 heavy (non-hydrogen) atoms. The maximum absolute atomic E-state index is 5.87. The van der Waals surface area contributed by atoms with Gasteiger partial charge in [-0.1, -0.05) is 78.9 Å². The molecule has 0 fully saturated rings. The molecule has 0 amide bonds. The highest BCUT2D eigenvalue weighted by Gasteiger charge is 2.12. The zero-order chi connectivity index (χ0) is 21.3. The molecule has 4 heteroatoms. The molecule has 4 rings (SSSR count). The van der Waals surface area contributed by atoms with Crippen LogP contribution >= 0.6 is 12.2 Å². The number of nitrogens with zero attached hydrogens (tertiary/aromatic N) is 1. The van der Waals surface area contributed by atoms with Gasteiger partial charge < -0.3 is 15.0 Å². The Morgan fingerprint density at radius 2 is 1.06 bits per heavy atom. The van der Waals surface area contributed by atoms with Crippen LogP contribution in [0.2, 0.25) is 0 Å². The summed E-state index contributed by atoms with van der Waals surface area (Å²) in [7, 11) is 0. The van der Waals surface area contributed by atoms with Gasteiger partial charge >= 0.3 is 0 Å². The lowest BCUT2D eigenvalue weighted by molar-refractivity contribution is 0.413. The van der Waals surface area contributed by atoms with Gasteiger partial charge in [-0.3, -0.25) is 0 Å². The lowest BCUT2D eigenvalue weighted by atomic mass is 10.2. The van der Waals surface area contributed by atoms with Gasteiger partial charge in [-0.05, 0) is 59.7 Å². The summed E-state index contributed by atoms with van der Waals surface area (Å²) >= 11 is 5.78. The van der Waals surface area contributed by atoms with E-state index >= 15 is 0 Å². The zero-order valence-corrected chi connectivity index (χ0v) is 18.0. The molecule has 0 aromatic heterocycles. The topological polar surface area (TPSA) is 24.5 Å². The molecule has 0 bridgehead atoms. The minimum Gasteiger partial charge on any atom is -0.457 e.